The van der Waals surface area contributed by atoms with Crippen LogP contribution in [0, 0.1) is 0 Å². The van der Waals surface area contributed by atoms with E-state index in [1.54, 1.807) is 4.90 Å². The van der Waals surface area contributed by atoms with E-state index in [1.807, 2.05) is 25.2 Å². The smallest absolute Gasteiger partial charge is 0.321 e. The standard InChI is InChI=1S/C15H23N3O/c1-4-16-11(2)12-6-5-7-13(10-12)17-15(19)18(3)14-8-9-14/h5-7,10-11,14,16H,4,8-9H2,1-3H3,(H,17,19). The maximum absolute atomic E-state index is 12.0. The van der Waals surface area contributed by atoms with E-state index in [-0.39, 0.29) is 6.03 Å². The topological polar surface area (TPSA) is 44.4 Å². The summed E-state index contributed by atoms with van der Waals surface area (Å²) < 4.78 is 0. The summed E-state index contributed by atoms with van der Waals surface area (Å²) in [5.41, 5.74) is 2.05. The lowest BCUT2D eigenvalue weighted by molar-refractivity contribution is 0.220. The Morgan fingerprint density at radius 1 is 1.47 bits per heavy atom. The summed E-state index contributed by atoms with van der Waals surface area (Å²) in [5, 5.41) is 6.33. The van der Waals surface area contributed by atoms with Crippen LogP contribution < -0.4 is 10.6 Å². The Morgan fingerprint density at radius 2 is 2.21 bits per heavy atom. The van der Waals surface area contributed by atoms with E-state index in [0.29, 0.717) is 12.1 Å². The van der Waals surface area contributed by atoms with Crippen molar-refractivity contribution in [3.05, 3.63) is 29.8 Å². The normalized spacial score (nSPS) is 15.9. The van der Waals surface area contributed by atoms with Crippen molar-refractivity contribution >= 4 is 11.7 Å². The zero-order valence-electron chi connectivity index (χ0n) is 11.9. The van der Waals surface area contributed by atoms with E-state index in [9.17, 15) is 4.79 Å². The summed E-state index contributed by atoms with van der Waals surface area (Å²) in [6, 6.07) is 8.73. The monoisotopic (exact) mass is 261 g/mol. The molecule has 0 aromatic heterocycles. The number of nitrogens with one attached hydrogen (secondary N) is 2. The number of rotatable bonds is 5. The molecule has 0 spiro atoms. The van der Waals surface area contributed by atoms with E-state index < -0.39 is 0 Å². The van der Waals surface area contributed by atoms with Crippen LogP contribution in [0.3, 0.4) is 0 Å². The average Bonchev–Trinajstić information content (AvgIpc) is 3.22. The molecule has 1 aliphatic rings. The highest BCUT2D eigenvalue weighted by Gasteiger charge is 2.29. The first kappa shape index (κ1) is 13.9. The van der Waals surface area contributed by atoms with Gasteiger partial charge in [-0.25, -0.2) is 4.79 Å². The minimum atomic E-state index is -0.0178. The molecule has 2 N–H and O–H groups in total. The first-order valence-electron chi connectivity index (χ1n) is 6.99. The molecule has 1 aromatic carbocycles. The first-order chi connectivity index (χ1) is 9.11. The Balaban J connectivity index is 1.99. The number of amides is 2. The van der Waals surface area contributed by atoms with Crippen LogP contribution in [0.4, 0.5) is 10.5 Å². The zero-order chi connectivity index (χ0) is 13.8. The summed E-state index contributed by atoms with van der Waals surface area (Å²) in [5.74, 6) is 0. The molecule has 4 nitrogen and oxygen atoms in total. The number of urea groups is 1. The molecule has 0 radical (unpaired) electrons. The van der Waals surface area contributed by atoms with Gasteiger partial charge in [0, 0.05) is 24.8 Å². The molecule has 1 saturated carbocycles. The van der Waals surface area contributed by atoms with Crippen molar-refractivity contribution in [2.24, 2.45) is 0 Å². The Hall–Kier alpha value is -1.55. The molecular formula is C15H23N3O. The number of hydrogen-bond donors (Lipinski definition) is 2. The number of carbonyl (C=O) groups is 1. The van der Waals surface area contributed by atoms with Gasteiger partial charge in [0.05, 0.1) is 0 Å². The molecule has 1 aromatic rings. The van der Waals surface area contributed by atoms with E-state index in [4.69, 9.17) is 0 Å². The van der Waals surface area contributed by atoms with Gasteiger partial charge in [-0.1, -0.05) is 19.1 Å². The molecule has 19 heavy (non-hydrogen) atoms. The van der Waals surface area contributed by atoms with Crippen molar-refractivity contribution in [1.29, 1.82) is 0 Å². The van der Waals surface area contributed by atoms with Gasteiger partial charge in [-0.2, -0.15) is 0 Å². The largest absolute Gasteiger partial charge is 0.325 e. The molecular weight excluding hydrogens is 238 g/mol. The van der Waals surface area contributed by atoms with Crippen molar-refractivity contribution in [3.63, 3.8) is 0 Å². The molecule has 0 bridgehead atoms. The maximum Gasteiger partial charge on any atom is 0.321 e. The van der Waals surface area contributed by atoms with Crippen molar-refractivity contribution in [2.45, 2.75) is 38.8 Å². The van der Waals surface area contributed by atoms with Gasteiger partial charge in [0.2, 0.25) is 0 Å². The Kier molecular flexibility index (Phi) is 4.43. The summed E-state index contributed by atoms with van der Waals surface area (Å²) in [7, 11) is 1.86. The van der Waals surface area contributed by atoms with E-state index >= 15 is 0 Å². The highest BCUT2D eigenvalue weighted by Crippen LogP contribution is 2.26. The summed E-state index contributed by atoms with van der Waals surface area (Å²) in [6.45, 7) is 5.15. The lowest BCUT2D eigenvalue weighted by atomic mass is 10.1. The minimum absolute atomic E-state index is 0.0178. The van der Waals surface area contributed by atoms with Gasteiger partial charge < -0.3 is 15.5 Å². The van der Waals surface area contributed by atoms with Crippen LogP contribution in [-0.4, -0.2) is 30.6 Å². The van der Waals surface area contributed by atoms with Crippen LogP contribution in [0.1, 0.15) is 38.3 Å². The van der Waals surface area contributed by atoms with Crippen LogP contribution in [0.25, 0.3) is 0 Å². The molecule has 1 atom stereocenters. The van der Waals surface area contributed by atoms with Crippen LogP contribution in [0.2, 0.25) is 0 Å². The van der Waals surface area contributed by atoms with Crippen LogP contribution >= 0.6 is 0 Å². The number of anilines is 1. The van der Waals surface area contributed by atoms with E-state index in [0.717, 1.165) is 25.1 Å². The molecule has 0 saturated heterocycles. The number of carbonyl (C=O) groups excluding carboxylic acids is 1. The van der Waals surface area contributed by atoms with Crippen molar-refractivity contribution < 1.29 is 4.79 Å². The van der Waals surface area contributed by atoms with Gasteiger partial charge in [0.15, 0.2) is 0 Å². The highest BCUT2D eigenvalue weighted by atomic mass is 16.2. The van der Waals surface area contributed by atoms with Gasteiger partial charge in [-0.15, -0.1) is 0 Å². The number of benzene rings is 1. The second-order valence-corrected chi connectivity index (χ2v) is 5.18. The SMILES string of the molecule is CCNC(C)c1cccc(NC(=O)N(C)C2CC2)c1. The molecule has 0 aliphatic heterocycles. The molecule has 1 unspecified atom stereocenters. The third-order valence-electron chi connectivity index (χ3n) is 3.56. The van der Waals surface area contributed by atoms with Gasteiger partial charge >= 0.3 is 6.03 Å². The fraction of sp³-hybridized carbons (Fsp3) is 0.533. The van der Waals surface area contributed by atoms with E-state index in [1.165, 1.54) is 5.56 Å². The molecule has 4 heteroatoms. The van der Waals surface area contributed by atoms with Gasteiger partial charge in [-0.05, 0) is 44.0 Å². The second-order valence-electron chi connectivity index (χ2n) is 5.18. The maximum atomic E-state index is 12.0. The fourth-order valence-electron chi connectivity index (χ4n) is 2.15. The zero-order valence-corrected chi connectivity index (χ0v) is 11.9. The fourth-order valence-corrected chi connectivity index (χ4v) is 2.15. The molecule has 1 aliphatic carbocycles. The quantitative estimate of drug-likeness (QED) is 0.856. The first-order valence-corrected chi connectivity index (χ1v) is 6.99. The van der Waals surface area contributed by atoms with Gasteiger partial charge in [0.1, 0.15) is 0 Å². The Morgan fingerprint density at radius 3 is 2.84 bits per heavy atom. The molecule has 1 fully saturated rings. The lowest BCUT2D eigenvalue weighted by Gasteiger charge is -2.18. The third-order valence-corrected chi connectivity index (χ3v) is 3.56. The van der Waals surface area contributed by atoms with E-state index in [2.05, 4.69) is 30.5 Å². The number of hydrogen-bond acceptors (Lipinski definition) is 2. The molecule has 0 heterocycles. The summed E-state index contributed by atoms with van der Waals surface area (Å²) in [6.07, 6.45) is 2.25. The lowest BCUT2D eigenvalue weighted by Crippen LogP contribution is -2.33. The van der Waals surface area contributed by atoms with Crippen molar-refractivity contribution in [1.82, 2.24) is 10.2 Å². The third kappa shape index (κ3) is 3.70. The van der Waals surface area contributed by atoms with Crippen LogP contribution in [0.5, 0.6) is 0 Å². The molecule has 2 amide bonds. The highest BCUT2D eigenvalue weighted by molar-refractivity contribution is 5.89. The molecule has 104 valence electrons. The van der Waals surface area contributed by atoms with Crippen LogP contribution in [0.15, 0.2) is 24.3 Å². The second kappa shape index (κ2) is 6.06. The minimum Gasteiger partial charge on any atom is -0.325 e. The van der Waals surface area contributed by atoms with Crippen molar-refractivity contribution in [2.75, 3.05) is 18.9 Å². The van der Waals surface area contributed by atoms with Crippen molar-refractivity contribution in [3.8, 4) is 0 Å². The predicted molar refractivity (Wildman–Crippen MR) is 78.3 cm³/mol. The van der Waals surface area contributed by atoms with Crippen LogP contribution in [-0.2, 0) is 0 Å². The van der Waals surface area contributed by atoms with Gasteiger partial charge in [0.25, 0.3) is 0 Å². The predicted octanol–water partition coefficient (Wildman–Crippen LogP) is 2.98. The Bertz CT molecular complexity index is 443. The Labute approximate surface area is 115 Å². The average molecular weight is 261 g/mol. The molecule has 2 rings (SSSR count). The summed E-state index contributed by atoms with van der Waals surface area (Å²) >= 11 is 0. The summed E-state index contributed by atoms with van der Waals surface area (Å²) in [4.78, 5) is 13.8. The van der Waals surface area contributed by atoms with Gasteiger partial charge in [-0.3, -0.25) is 0 Å². The number of nitrogens with zero attached hydrogens (tertiary/aromatic N) is 1.